The molecule has 1 aromatic heterocycles. The molecule has 7 heteroatoms. The minimum Gasteiger partial charge on any atom is -0.342 e. The van der Waals surface area contributed by atoms with Crippen LogP contribution in [0, 0.1) is 0 Å². The van der Waals surface area contributed by atoms with Crippen LogP contribution in [0.25, 0.3) is 16.5 Å². The summed E-state index contributed by atoms with van der Waals surface area (Å²) in [6.45, 7) is 1.38. The van der Waals surface area contributed by atoms with E-state index in [4.69, 9.17) is 0 Å². The van der Waals surface area contributed by atoms with E-state index in [9.17, 15) is 14.4 Å². The largest absolute Gasteiger partial charge is 0.342 e. The second-order valence-electron chi connectivity index (χ2n) is 6.72. The molecule has 1 fully saturated rings. The van der Waals surface area contributed by atoms with E-state index in [2.05, 4.69) is 10.4 Å². The van der Waals surface area contributed by atoms with Gasteiger partial charge in [0.15, 0.2) is 5.69 Å². The first-order chi connectivity index (χ1) is 13.6. The lowest BCUT2D eigenvalue weighted by atomic mass is 10.1. The number of para-hydroxylation sites is 1. The van der Waals surface area contributed by atoms with Gasteiger partial charge in [0, 0.05) is 18.5 Å². The van der Waals surface area contributed by atoms with Crippen molar-refractivity contribution in [3.63, 3.8) is 0 Å². The Bertz CT molecular complexity index is 1090. The number of nitrogens with one attached hydrogen (secondary N) is 1. The highest BCUT2D eigenvalue weighted by Crippen LogP contribution is 2.15. The van der Waals surface area contributed by atoms with Crippen LogP contribution in [0.3, 0.4) is 0 Å². The average Bonchev–Trinajstić information content (AvgIpc) is 3.28. The quantitative estimate of drug-likeness (QED) is 0.752. The fourth-order valence-corrected chi connectivity index (χ4v) is 3.42. The van der Waals surface area contributed by atoms with E-state index in [1.807, 2.05) is 6.07 Å². The van der Waals surface area contributed by atoms with E-state index < -0.39 is 5.91 Å². The van der Waals surface area contributed by atoms with Crippen molar-refractivity contribution in [2.75, 3.05) is 19.6 Å². The van der Waals surface area contributed by atoms with Gasteiger partial charge in [-0.1, -0.05) is 36.4 Å². The zero-order valence-electron chi connectivity index (χ0n) is 15.3. The van der Waals surface area contributed by atoms with Crippen LogP contribution in [0.1, 0.15) is 23.3 Å². The number of carbonyl (C=O) groups excluding carboxylic acids is 2. The Labute approximate surface area is 161 Å². The summed E-state index contributed by atoms with van der Waals surface area (Å²) in [6, 6.07) is 15.8. The number of rotatable bonds is 4. The summed E-state index contributed by atoms with van der Waals surface area (Å²) >= 11 is 0. The van der Waals surface area contributed by atoms with E-state index in [0.29, 0.717) is 16.5 Å². The number of amides is 2. The summed E-state index contributed by atoms with van der Waals surface area (Å²) in [4.78, 5) is 39.6. The summed E-state index contributed by atoms with van der Waals surface area (Å²) in [5, 5.41) is 7.84. The lowest BCUT2D eigenvalue weighted by molar-refractivity contribution is -0.129. The number of fused-ring (bicyclic) bond motifs is 1. The molecule has 0 atom stereocenters. The van der Waals surface area contributed by atoms with Gasteiger partial charge in [-0.05, 0) is 31.0 Å². The third-order valence-electron chi connectivity index (χ3n) is 4.88. The number of hydrogen-bond acceptors (Lipinski definition) is 4. The Hall–Kier alpha value is -3.48. The van der Waals surface area contributed by atoms with Crippen LogP contribution >= 0.6 is 0 Å². The summed E-state index contributed by atoms with van der Waals surface area (Å²) < 4.78 is 1.22. The molecule has 3 aromatic rings. The number of benzene rings is 2. The molecular weight excluding hydrogens is 356 g/mol. The standard InChI is InChI=1S/C21H20N4O3/c26-18(24-12-6-7-13-24)14-22-20(27)19-16-10-4-5-11-17(16)21(28)25(23-19)15-8-2-1-3-9-15/h1-5,8-11H,6-7,12-14H2,(H,22,27). The molecule has 0 unspecified atom stereocenters. The monoisotopic (exact) mass is 376 g/mol. The molecule has 0 bridgehead atoms. The normalized spacial score (nSPS) is 13.6. The van der Waals surface area contributed by atoms with Gasteiger partial charge in [0.05, 0.1) is 17.6 Å². The Morgan fingerprint density at radius 3 is 2.29 bits per heavy atom. The van der Waals surface area contributed by atoms with Crippen molar-refractivity contribution < 1.29 is 9.59 Å². The fourth-order valence-electron chi connectivity index (χ4n) is 3.42. The van der Waals surface area contributed by atoms with E-state index in [0.717, 1.165) is 25.9 Å². The maximum atomic E-state index is 12.9. The molecule has 7 nitrogen and oxygen atoms in total. The first-order valence-electron chi connectivity index (χ1n) is 9.28. The van der Waals surface area contributed by atoms with E-state index in [1.165, 1.54) is 4.68 Å². The maximum Gasteiger partial charge on any atom is 0.279 e. The van der Waals surface area contributed by atoms with Gasteiger partial charge in [0.2, 0.25) is 5.91 Å². The number of hydrogen-bond donors (Lipinski definition) is 1. The van der Waals surface area contributed by atoms with Gasteiger partial charge in [-0.15, -0.1) is 0 Å². The van der Waals surface area contributed by atoms with Crippen LogP contribution in [-0.2, 0) is 4.79 Å². The minimum atomic E-state index is -0.478. The lowest BCUT2D eigenvalue weighted by Gasteiger charge is -2.16. The fraction of sp³-hybridized carbons (Fsp3) is 0.238. The summed E-state index contributed by atoms with van der Waals surface area (Å²) in [5.74, 6) is -0.583. The zero-order chi connectivity index (χ0) is 19.5. The minimum absolute atomic E-state index is 0.0840. The van der Waals surface area contributed by atoms with Crippen molar-refractivity contribution in [1.82, 2.24) is 20.0 Å². The zero-order valence-corrected chi connectivity index (χ0v) is 15.3. The van der Waals surface area contributed by atoms with Crippen molar-refractivity contribution in [3.8, 4) is 5.69 Å². The highest BCUT2D eigenvalue weighted by atomic mass is 16.2. The topological polar surface area (TPSA) is 84.3 Å². The van der Waals surface area contributed by atoms with E-state index in [1.54, 1.807) is 53.4 Å². The molecule has 4 rings (SSSR count). The highest BCUT2D eigenvalue weighted by Gasteiger charge is 2.21. The van der Waals surface area contributed by atoms with Gasteiger partial charge in [-0.25, -0.2) is 0 Å². The predicted molar refractivity (Wildman–Crippen MR) is 105 cm³/mol. The van der Waals surface area contributed by atoms with Gasteiger partial charge in [0.25, 0.3) is 11.5 Å². The van der Waals surface area contributed by atoms with Crippen LogP contribution in [0.15, 0.2) is 59.4 Å². The number of likely N-dealkylation sites (tertiary alicyclic amines) is 1. The summed E-state index contributed by atoms with van der Waals surface area (Å²) in [6.07, 6.45) is 1.99. The number of carbonyl (C=O) groups is 2. The van der Waals surface area contributed by atoms with Gasteiger partial charge in [-0.2, -0.15) is 9.78 Å². The molecular formula is C21H20N4O3. The molecule has 142 valence electrons. The average molecular weight is 376 g/mol. The Kier molecular flexibility index (Phi) is 4.89. The van der Waals surface area contributed by atoms with Crippen LogP contribution in [0.5, 0.6) is 0 Å². The van der Waals surface area contributed by atoms with Crippen molar-refractivity contribution >= 4 is 22.6 Å². The highest BCUT2D eigenvalue weighted by molar-refractivity contribution is 6.05. The molecule has 28 heavy (non-hydrogen) atoms. The Balaban J connectivity index is 1.69. The van der Waals surface area contributed by atoms with Gasteiger partial charge in [-0.3, -0.25) is 14.4 Å². The second-order valence-corrected chi connectivity index (χ2v) is 6.72. The van der Waals surface area contributed by atoms with E-state index >= 15 is 0 Å². The van der Waals surface area contributed by atoms with Crippen LogP contribution in [-0.4, -0.2) is 46.1 Å². The Morgan fingerprint density at radius 2 is 1.57 bits per heavy atom. The molecule has 1 aliphatic rings. The third kappa shape index (κ3) is 3.38. The third-order valence-corrected chi connectivity index (χ3v) is 4.88. The molecule has 0 spiro atoms. The molecule has 2 heterocycles. The molecule has 2 aromatic carbocycles. The number of nitrogens with zero attached hydrogens (tertiary/aromatic N) is 3. The number of aromatic nitrogens is 2. The first-order valence-corrected chi connectivity index (χ1v) is 9.28. The van der Waals surface area contributed by atoms with Crippen molar-refractivity contribution in [2.45, 2.75) is 12.8 Å². The SMILES string of the molecule is O=C(NCC(=O)N1CCCC1)c1nn(-c2ccccc2)c(=O)c2ccccc12. The van der Waals surface area contributed by atoms with Crippen molar-refractivity contribution in [1.29, 1.82) is 0 Å². The maximum absolute atomic E-state index is 12.9. The molecule has 0 aliphatic carbocycles. The summed E-state index contributed by atoms with van der Waals surface area (Å²) in [7, 11) is 0. The summed E-state index contributed by atoms with van der Waals surface area (Å²) in [5.41, 5.74) is 0.389. The molecule has 1 N–H and O–H groups in total. The molecule has 1 aliphatic heterocycles. The van der Waals surface area contributed by atoms with E-state index in [-0.39, 0.29) is 23.7 Å². The smallest absolute Gasteiger partial charge is 0.279 e. The van der Waals surface area contributed by atoms with Gasteiger partial charge in [0.1, 0.15) is 0 Å². The van der Waals surface area contributed by atoms with Crippen LogP contribution in [0.4, 0.5) is 0 Å². The first kappa shape index (κ1) is 17.9. The van der Waals surface area contributed by atoms with Crippen LogP contribution in [0.2, 0.25) is 0 Å². The van der Waals surface area contributed by atoms with Crippen molar-refractivity contribution in [2.24, 2.45) is 0 Å². The molecule has 1 saturated heterocycles. The predicted octanol–water partition coefficient (Wildman–Crippen LogP) is 1.74. The van der Waals surface area contributed by atoms with Gasteiger partial charge >= 0.3 is 0 Å². The second kappa shape index (κ2) is 7.64. The van der Waals surface area contributed by atoms with Gasteiger partial charge < -0.3 is 10.2 Å². The van der Waals surface area contributed by atoms with Crippen molar-refractivity contribution in [3.05, 3.63) is 70.6 Å². The molecule has 0 radical (unpaired) electrons. The molecule has 2 amide bonds. The van der Waals surface area contributed by atoms with Crippen LogP contribution < -0.4 is 10.9 Å². The molecule has 0 saturated carbocycles. The Morgan fingerprint density at radius 1 is 0.929 bits per heavy atom. The lowest BCUT2D eigenvalue weighted by Crippen LogP contribution is -2.39.